The van der Waals surface area contributed by atoms with Crippen LogP contribution in [0.15, 0.2) is 35.9 Å². The van der Waals surface area contributed by atoms with E-state index in [0.717, 1.165) is 17.6 Å². The largest absolute Gasteiger partial charge is 0.368 e. The van der Waals surface area contributed by atoms with E-state index in [-0.39, 0.29) is 17.5 Å². The van der Waals surface area contributed by atoms with Crippen molar-refractivity contribution in [3.63, 3.8) is 0 Å². The van der Waals surface area contributed by atoms with Gasteiger partial charge in [0.2, 0.25) is 0 Å². The van der Waals surface area contributed by atoms with Crippen molar-refractivity contribution in [1.82, 2.24) is 0 Å². The molecule has 2 fully saturated rings. The molecule has 1 aromatic rings. The van der Waals surface area contributed by atoms with Crippen molar-refractivity contribution in [2.24, 2.45) is 17.3 Å². The van der Waals surface area contributed by atoms with Gasteiger partial charge in [0.15, 0.2) is 5.78 Å². The molecule has 0 aromatic heterocycles. The Kier molecular flexibility index (Phi) is 2.20. The monoisotopic (exact) mass is 272 g/mol. The molecule has 20 heavy (non-hydrogen) atoms. The van der Waals surface area contributed by atoms with Crippen molar-refractivity contribution in [2.75, 3.05) is 6.61 Å². The van der Waals surface area contributed by atoms with Gasteiger partial charge in [-0.25, -0.2) is 4.39 Å². The van der Waals surface area contributed by atoms with Crippen LogP contribution in [-0.4, -0.2) is 12.4 Å². The number of carbonyl (C=O) groups is 1. The second-order valence-electron chi connectivity index (χ2n) is 6.56. The van der Waals surface area contributed by atoms with Gasteiger partial charge in [0.1, 0.15) is 11.4 Å². The third kappa shape index (κ3) is 1.16. The van der Waals surface area contributed by atoms with E-state index < -0.39 is 11.0 Å². The van der Waals surface area contributed by atoms with Crippen molar-refractivity contribution in [1.29, 1.82) is 0 Å². The van der Waals surface area contributed by atoms with Crippen molar-refractivity contribution in [3.8, 4) is 0 Å². The minimum atomic E-state index is -0.670. The smallest absolute Gasteiger partial charge is 0.167 e. The Morgan fingerprint density at radius 2 is 2.20 bits per heavy atom. The van der Waals surface area contributed by atoms with Crippen LogP contribution in [0.2, 0.25) is 0 Å². The maximum absolute atomic E-state index is 13.7. The molecule has 1 aliphatic heterocycles. The Balaban J connectivity index is 1.99. The van der Waals surface area contributed by atoms with E-state index in [2.05, 4.69) is 6.08 Å². The topological polar surface area (TPSA) is 26.3 Å². The van der Waals surface area contributed by atoms with E-state index in [1.807, 2.05) is 19.9 Å². The highest BCUT2D eigenvalue weighted by molar-refractivity contribution is 6.02. The summed E-state index contributed by atoms with van der Waals surface area (Å²) < 4.78 is 19.8. The molecule has 0 amide bonds. The number of carbonyl (C=O) groups excluding carboxylic acids is 1. The zero-order valence-electron chi connectivity index (χ0n) is 11.7. The standard InChI is InChI=1S/C17H17FO2/c1-10-6-14-11-8-16(2,15(10)19)17(14,20-9-11)12-4-3-5-13(18)7-12/h3-7,11,14H,8-9H2,1-2H3. The molecule has 104 valence electrons. The molecule has 0 N–H and O–H groups in total. The van der Waals surface area contributed by atoms with E-state index in [1.54, 1.807) is 6.07 Å². The number of ketones is 1. The Morgan fingerprint density at radius 3 is 2.95 bits per heavy atom. The summed E-state index contributed by atoms with van der Waals surface area (Å²) in [5.74, 6) is 0.433. The van der Waals surface area contributed by atoms with Gasteiger partial charge in [-0.05, 0) is 49.5 Å². The number of rotatable bonds is 1. The quantitative estimate of drug-likeness (QED) is 0.784. The van der Waals surface area contributed by atoms with Crippen LogP contribution < -0.4 is 0 Å². The first-order valence-electron chi connectivity index (χ1n) is 7.12. The Bertz CT molecular complexity index is 650. The van der Waals surface area contributed by atoms with E-state index >= 15 is 0 Å². The van der Waals surface area contributed by atoms with Gasteiger partial charge in [0.25, 0.3) is 0 Å². The van der Waals surface area contributed by atoms with Crippen LogP contribution in [0.25, 0.3) is 0 Å². The predicted octanol–water partition coefficient (Wildman–Crippen LogP) is 3.22. The van der Waals surface area contributed by atoms with Gasteiger partial charge >= 0.3 is 0 Å². The summed E-state index contributed by atoms with van der Waals surface area (Å²) in [5, 5.41) is 0. The molecule has 0 radical (unpaired) electrons. The van der Waals surface area contributed by atoms with Gasteiger partial charge in [-0.1, -0.05) is 18.2 Å². The number of hydrogen-bond donors (Lipinski definition) is 0. The Hall–Kier alpha value is -1.48. The molecular weight excluding hydrogens is 255 g/mol. The molecule has 4 rings (SSSR count). The van der Waals surface area contributed by atoms with Gasteiger partial charge in [-0.2, -0.15) is 0 Å². The Labute approximate surface area is 117 Å². The fourth-order valence-corrected chi connectivity index (χ4v) is 4.77. The third-order valence-corrected chi connectivity index (χ3v) is 5.53. The van der Waals surface area contributed by atoms with Crippen LogP contribution >= 0.6 is 0 Å². The number of hydrogen-bond acceptors (Lipinski definition) is 2. The predicted molar refractivity (Wildman–Crippen MR) is 72.5 cm³/mol. The molecule has 2 aliphatic carbocycles. The van der Waals surface area contributed by atoms with Crippen LogP contribution in [0, 0.1) is 23.1 Å². The summed E-state index contributed by atoms with van der Waals surface area (Å²) in [6.07, 6.45) is 2.89. The lowest BCUT2D eigenvalue weighted by atomic mass is 9.62. The average Bonchev–Trinajstić information content (AvgIpc) is 2.85. The van der Waals surface area contributed by atoms with Gasteiger partial charge < -0.3 is 4.74 Å². The molecule has 4 atom stereocenters. The van der Waals surface area contributed by atoms with E-state index in [9.17, 15) is 9.18 Å². The molecule has 1 saturated carbocycles. The summed E-state index contributed by atoms with van der Waals surface area (Å²) in [6, 6.07) is 6.56. The first-order valence-corrected chi connectivity index (χ1v) is 7.12. The van der Waals surface area contributed by atoms with Crippen LogP contribution in [0.1, 0.15) is 25.8 Å². The average molecular weight is 272 g/mol. The summed E-state index contributed by atoms with van der Waals surface area (Å²) in [5.41, 5.74) is 0.406. The highest BCUT2D eigenvalue weighted by atomic mass is 19.1. The SMILES string of the molecule is CC1=CC2C3COC2(c2cccc(F)c2)C(C)(C3)C1=O. The minimum absolute atomic E-state index is 0.153. The summed E-state index contributed by atoms with van der Waals surface area (Å²) in [7, 11) is 0. The third-order valence-electron chi connectivity index (χ3n) is 5.53. The number of halogens is 1. The fraction of sp³-hybridized carbons (Fsp3) is 0.471. The van der Waals surface area contributed by atoms with Crippen LogP contribution in [-0.2, 0) is 15.1 Å². The molecule has 2 nitrogen and oxygen atoms in total. The lowest BCUT2D eigenvalue weighted by Crippen LogP contribution is -2.52. The normalized spacial score (nSPS) is 42.0. The van der Waals surface area contributed by atoms with Crippen molar-refractivity contribution >= 4 is 5.78 Å². The number of Topliss-reactive ketones (excluding diaryl/α,β-unsaturated/α-hetero) is 1. The number of allylic oxidation sites excluding steroid dienone is 1. The Morgan fingerprint density at radius 1 is 1.40 bits per heavy atom. The second kappa shape index (κ2) is 3.59. The molecule has 3 aliphatic rings. The second-order valence-corrected chi connectivity index (χ2v) is 6.56. The van der Waals surface area contributed by atoms with Gasteiger partial charge in [-0.3, -0.25) is 4.79 Å². The van der Waals surface area contributed by atoms with Crippen molar-refractivity contribution in [2.45, 2.75) is 25.9 Å². The van der Waals surface area contributed by atoms with Gasteiger partial charge in [0, 0.05) is 5.92 Å². The minimum Gasteiger partial charge on any atom is -0.368 e. The van der Waals surface area contributed by atoms with Gasteiger partial charge in [-0.15, -0.1) is 0 Å². The van der Waals surface area contributed by atoms with Crippen LogP contribution in [0.3, 0.4) is 0 Å². The van der Waals surface area contributed by atoms with E-state index in [4.69, 9.17) is 4.74 Å². The summed E-state index contributed by atoms with van der Waals surface area (Å²) in [4.78, 5) is 12.7. The van der Waals surface area contributed by atoms with E-state index in [1.165, 1.54) is 12.1 Å². The van der Waals surface area contributed by atoms with Crippen molar-refractivity contribution < 1.29 is 13.9 Å². The highest BCUT2D eigenvalue weighted by Crippen LogP contribution is 2.68. The highest BCUT2D eigenvalue weighted by Gasteiger charge is 2.71. The maximum atomic E-state index is 13.7. The van der Waals surface area contributed by atoms with Crippen LogP contribution in [0.5, 0.6) is 0 Å². The molecule has 1 aromatic carbocycles. The van der Waals surface area contributed by atoms with Crippen LogP contribution in [0.4, 0.5) is 4.39 Å². The molecular formula is C17H17FO2. The molecule has 4 unspecified atom stereocenters. The number of ether oxygens (including phenoxy) is 1. The molecule has 4 bridgehead atoms. The maximum Gasteiger partial charge on any atom is 0.167 e. The molecule has 3 heteroatoms. The first kappa shape index (κ1) is 12.3. The molecule has 1 saturated heterocycles. The fourth-order valence-electron chi connectivity index (χ4n) is 4.77. The zero-order chi connectivity index (χ0) is 14.1. The number of benzene rings is 1. The lowest BCUT2D eigenvalue weighted by molar-refractivity contribution is -0.157. The summed E-state index contributed by atoms with van der Waals surface area (Å²) >= 11 is 0. The molecule has 0 spiro atoms. The lowest BCUT2D eigenvalue weighted by Gasteiger charge is -2.47. The summed E-state index contributed by atoms with van der Waals surface area (Å²) in [6.45, 7) is 4.54. The molecule has 1 heterocycles. The van der Waals surface area contributed by atoms with Crippen molar-refractivity contribution in [3.05, 3.63) is 47.3 Å². The van der Waals surface area contributed by atoms with Gasteiger partial charge in [0.05, 0.1) is 12.0 Å². The zero-order valence-corrected chi connectivity index (χ0v) is 11.7. The van der Waals surface area contributed by atoms with E-state index in [0.29, 0.717) is 12.5 Å². The first-order chi connectivity index (χ1) is 9.49.